The van der Waals surface area contributed by atoms with Gasteiger partial charge in [0.15, 0.2) is 0 Å². The number of nitrogens with one attached hydrogen (secondary N) is 1. The van der Waals surface area contributed by atoms with Crippen LogP contribution >= 0.6 is 0 Å². The van der Waals surface area contributed by atoms with Crippen LogP contribution in [0.2, 0.25) is 0 Å². The zero-order chi connectivity index (χ0) is 22.4. The Morgan fingerprint density at radius 2 is 1.97 bits per heavy atom. The Labute approximate surface area is 175 Å². The van der Waals surface area contributed by atoms with Gasteiger partial charge in [0.2, 0.25) is 10.0 Å². The maximum atomic E-state index is 12.7. The monoisotopic (exact) mass is 445 g/mol. The van der Waals surface area contributed by atoms with Crippen LogP contribution in [0.15, 0.2) is 59.9 Å². The van der Waals surface area contributed by atoms with E-state index in [2.05, 4.69) is 16.0 Å². The topological polar surface area (TPSA) is 101 Å². The quantitative estimate of drug-likeness (QED) is 0.647. The molecule has 158 valence electrons. The van der Waals surface area contributed by atoms with Crippen LogP contribution in [-0.2, 0) is 10.0 Å². The normalized spacial score (nSPS) is 14.7. The summed E-state index contributed by atoms with van der Waals surface area (Å²) in [6.45, 7) is 0.713. The summed E-state index contributed by atoms with van der Waals surface area (Å²) in [4.78, 5) is 7.84. The summed E-state index contributed by atoms with van der Waals surface area (Å²) < 4.78 is 66.2. The summed E-state index contributed by atoms with van der Waals surface area (Å²) in [5, 5.41) is 10.4. The first kappa shape index (κ1) is 20.8. The first-order chi connectivity index (χ1) is 14.6. The Bertz CT molecular complexity index is 1380. The molecule has 3 heterocycles. The molecule has 11 heteroatoms. The number of alkyl halides is 3. The first-order valence-corrected chi connectivity index (χ1v) is 10.4. The van der Waals surface area contributed by atoms with Gasteiger partial charge in [-0.25, -0.2) is 8.42 Å². The van der Waals surface area contributed by atoms with E-state index in [4.69, 9.17) is 0 Å². The Morgan fingerprint density at radius 1 is 1.23 bits per heavy atom. The largest absolute Gasteiger partial charge is 0.404 e. The molecule has 1 aliphatic carbocycles. The van der Waals surface area contributed by atoms with Crippen LogP contribution in [0.4, 0.5) is 13.2 Å². The van der Waals surface area contributed by atoms with Crippen molar-refractivity contribution in [3.63, 3.8) is 0 Å². The molecular formula is C20H14F3N5O2S. The minimum absolute atomic E-state index is 0.289. The molecule has 0 aromatic carbocycles. The number of hydrogen-bond donors (Lipinski definition) is 1. The first-order valence-electron chi connectivity index (χ1n) is 8.96. The van der Waals surface area contributed by atoms with Crippen molar-refractivity contribution in [2.45, 2.75) is 24.0 Å². The Kier molecular flexibility index (Phi) is 4.91. The van der Waals surface area contributed by atoms with Gasteiger partial charge in [0.05, 0.1) is 28.7 Å². The van der Waals surface area contributed by atoms with Gasteiger partial charge >= 0.3 is 6.18 Å². The molecule has 0 bridgehead atoms. The minimum Gasteiger partial charge on any atom is -0.305 e. The van der Waals surface area contributed by atoms with Crippen molar-refractivity contribution < 1.29 is 21.6 Å². The standard InChI is InChI=1S/C20H14F3N5O2S/c1-12(20(21,22)23)27-31(29,30)14-5-6-17(26-10-14)19-16(9-24)15-7-8-25-11-18(15)28(19)13-3-2-4-13/h2-8,10-12,27H,1H3. The predicted octanol–water partition coefficient (Wildman–Crippen LogP) is 3.61. The van der Waals surface area contributed by atoms with Crippen LogP contribution in [0.1, 0.15) is 12.5 Å². The van der Waals surface area contributed by atoms with Gasteiger partial charge in [0.1, 0.15) is 17.0 Å². The highest BCUT2D eigenvalue weighted by Gasteiger charge is 2.39. The van der Waals surface area contributed by atoms with Crippen LogP contribution < -0.4 is 4.72 Å². The van der Waals surface area contributed by atoms with Crippen LogP contribution in [0.3, 0.4) is 0 Å². The number of aromatic nitrogens is 3. The molecule has 1 atom stereocenters. The van der Waals surface area contributed by atoms with Crippen molar-refractivity contribution in [2.75, 3.05) is 0 Å². The molecule has 0 fully saturated rings. The zero-order valence-electron chi connectivity index (χ0n) is 15.9. The molecule has 0 radical (unpaired) electrons. The summed E-state index contributed by atoms with van der Waals surface area (Å²) >= 11 is 0. The highest BCUT2D eigenvalue weighted by atomic mass is 32.2. The number of fused-ring (bicyclic) bond motifs is 1. The number of nitriles is 1. The number of nitrogens with zero attached hydrogens (tertiary/aromatic N) is 4. The van der Waals surface area contributed by atoms with Crippen molar-refractivity contribution in [1.82, 2.24) is 19.3 Å². The van der Waals surface area contributed by atoms with E-state index < -0.39 is 27.1 Å². The molecule has 31 heavy (non-hydrogen) atoms. The van der Waals surface area contributed by atoms with E-state index in [9.17, 15) is 26.9 Å². The maximum Gasteiger partial charge on any atom is 0.404 e. The van der Waals surface area contributed by atoms with Crippen molar-refractivity contribution in [3.05, 3.63) is 60.6 Å². The zero-order valence-corrected chi connectivity index (χ0v) is 16.7. The minimum atomic E-state index is -4.72. The molecule has 3 aromatic rings. The Morgan fingerprint density at radius 3 is 2.52 bits per heavy atom. The molecule has 0 amide bonds. The number of hydrogen-bond acceptors (Lipinski definition) is 5. The van der Waals surface area contributed by atoms with E-state index in [-0.39, 0.29) is 5.69 Å². The maximum absolute atomic E-state index is 12.7. The van der Waals surface area contributed by atoms with E-state index in [0.717, 1.165) is 18.0 Å². The molecule has 4 rings (SSSR count). The Balaban J connectivity index is 1.80. The lowest BCUT2D eigenvalue weighted by atomic mass is 10.1. The predicted molar refractivity (Wildman–Crippen MR) is 107 cm³/mol. The fraction of sp³-hybridized carbons (Fsp3) is 0.150. The van der Waals surface area contributed by atoms with Gasteiger partial charge in [0.25, 0.3) is 0 Å². The molecule has 1 aliphatic rings. The van der Waals surface area contributed by atoms with Gasteiger partial charge in [-0.2, -0.15) is 23.2 Å². The van der Waals surface area contributed by atoms with E-state index in [1.54, 1.807) is 27.7 Å². The lowest BCUT2D eigenvalue weighted by Crippen LogP contribution is -2.42. The van der Waals surface area contributed by atoms with E-state index >= 15 is 0 Å². The number of sulfonamides is 1. The number of rotatable bonds is 5. The summed E-state index contributed by atoms with van der Waals surface area (Å²) in [7, 11) is -4.44. The number of halogens is 3. The van der Waals surface area contributed by atoms with Crippen molar-refractivity contribution in [1.29, 1.82) is 5.26 Å². The molecule has 0 aliphatic heterocycles. The van der Waals surface area contributed by atoms with Crippen LogP contribution in [0.5, 0.6) is 0 Å². The molecule has 1 N–H and O–H groups in total. The van der Waals surface area contributed by atoms with Crippen LogP contribution in [0, 0.1) is 11.3 Å². The second-order valence-electron chi connectivity index (χ2n) is 6.78. The second kappa shape index (κ2) is 7.33. The van der Waals surface area contributed by atoms with Crippen LogP contribution in [0.25, 0.3) is 28.0 Å². The second-order valence-corrected chi connectivity index (χ2v) is 8.49. The molecule has 0 saturated carbocycles. The van der Waals surface area contributed by atoms with Crippen molar-refractivity contribution >= 4 is 26.6 Å². The summed E-state index contributed by atoms with van der Waals surface area (Å²) in [6, 6.07) is 4.10. The lowest BCUT2D eigenvalue weighted by Gasteiger charge is -2.17. The molecule has 0 spiro atoms. The molecule has 3 aromatic heterocycles. The summed E-state index contributed by atoms with van der Waals surface area (Å²) in [6.07, 6.45) is 4.89. The highest BCUT2D eigenvalue weighted by Crippen LogP contribution is 2.36. The van der Waals surface area contributed by atoms with Crippen LogP contribution in [-0.4, -0.2) is 35.2 Å². The SMILES string of the molecule is CC(NS(=O)(=O)c1ccc(-c2c(C#N)c3ccncc3n2C2=CC=C2)nc1)C(F)(F)F. The highest BCUT2D eigenvalue weighted by molar-refractivity contribution is 7.89. The summed E-state index contributed by atoms with van der Waals surface area (Å²) in [5.41, 5.74) is 2.50. The van der Waals surface area contributed by atoms with Gasteiger partial charge in [0, 0.05) is 23.5 Å². The Hall–Kier alpha value is -3.49. The molecular weight excluding hydrogens is 431 g/mol. The van der Waals surface area contributed by atoms with Crippen molar-refractivity contribution in [3.8, 4) is 17.5 Å². The van der Waals surface area contributed by atoms with Crippen molar-refractivity contribution in [2.24, 2.45) is 0 Å². The molecule has 0 saturated heterocycles. The average molecular weight is 445 g/mol. The van der Waals surface area contributed by atoms with Gasteiger partial charge in [-0.05, 0) is 37.3 Å². The smallest absolute Gasteiger partial charge is 0.305 e. The average Bonchev–Trinajstić information content (AvgIpc) is 3.00. The van der Waals surface area contributed by atoms with Gasteiger partial charge in [-0.1, -0.05) is 6.08 Å². The third-order valence-electron chi connectivity index (χ3n) is 4.79. The van der Waals surface area contributed by atoms with E-state index in [1.807, 2.05) is 18.2 Å². The fourth-order valence-corrected chi connectivity index (χ4v) is 4.31. The molecule has 1 unspecified atom stereocenters. The third kappa shape index (κ3) is 3.60. The van der Waals surface area contributed by atoms with Gasteiger partial charge < -0.3 is 4.57 Å². The van der Waals surface area contributed by atoms with E-state index in [0.29, 0.717) is 29.1 Å². The van der Waals surface area contributed by atoms with E-state index in [1.165, 1.54) is 6.07 Å². The lowest BCUT2D eigenvalue weighted by molar-refractivity contribution is -0.147. The van der Waals surface area contributed by atoms with Gasteiger partial charge in [-0.15, -0.1) is 0 Å². The molecule has 7 nitrogen and oxygen atoms in total. The number of pyridine rings is 2. The number of allylic oxidation sites excluding steroid dienone is 4. The van der Waals surface area contributed by atoms with Gasteiger partial charge in [-0.3, -0.25) is 9.97 Å². The third-order valence-corrected chi connectivity index (χ3v) is 6.31. The fourth-order valence-electron chi connectivity index (χ4n) is 3.14. The summed E-state index contributed by atoms with van der Waals surface area (Å²) in [5.74, 6) is 0.